The lowest BCUT2D eigenvalue weighted by atomic mass is 9.65. The largest absolute Gasteiger partial charge is 0.462 e. The Kier molecular flexibility index (Phi) is 8.20. The van der Waals surface area contributed by atoms with Crippen molar-refractivity contribution in [2.75, 3.05) is 0 Å². The molecule has 0 radical (unpaired) electrons. The number of carbonyl (C=O) groups excluding carboxylic acids is 1. The van der Waals surface area contributed by atoms with Crippen LogP contribution in [0.3, 0.4) is 0 Å². The van der Waals surface area contributed by atoms with Crippen molar-refractivity contribution in [1.29, 1.82) is 0 Å². The van der Waals surface area contributed by atoms with Gasteiger partial charge in [0.05, 0.1) is 5.92 Å². The molecule has 2 nitrogen and oxygen atoms in total. The van der Waals surface area contributed by atoms with Crippen molar-refractivity contribution in [2.45, 2.75) is 129 Å². The van der Waals surface area contributed by atoms with E-state index in [2.05, 4.69) is 13.8 Å². The van der Waals surface area contributed by atoms with E-state index >= 15 is 0 Å². The fourth-order valence-electron chi connectivity index (χ4n) is 7.65. The Morgan fingerprint density at radius 3 is 1.50 bits per heavy atom. The SMILES string of the molecule is CC(C)C1CCC(C2CCC(C3CCC(OC(=O)C4CCCCC4)CC3)CC2)CC1. The highest BCUT2D eigenvalue weighted by Crippen LogP contribution is 2.46. The molecule has 0 unspecified atom stereocenters. The average Bonchev–Trinajstić information content (AvgIpc) is 2.80. The first-order chi connectivity index (χ1) is 14.6. The molecule has 0 amide bonds. The number of ether oxygens (including phenoxy) is 1. The Labute approximate surface area is 186 Å². The van der Waals surface area contributed by atoms with Crippen molar-refractivity contribution in [3.05, 3.63) is 0 Å². The van der Waals surface area contributed by atoms with E-state index in [0.717, 1.165) is 61.2 Å². The Bertz CT molecular complexity index is 511. The summed E-state index contributed by atoms with van der Waals surface area (Å²) in [7, 11) is 0. The summed E-state index contributed by atoms with van der Waals surface area (Å²) in [4.78, 5) is 12.5. The van der Waals surface area contributed by atoms with Gasteiger partial charge in [0.1, 0.15) is 6.10 Å². The number of esters is 1. The van der Waals surface area contributed by atoms with Crippen LogP contribution >= 0.6 is 0 Å². The quantitative estimate of drug-likeness (QED) is 0.425. The Morgan fingerprint density at radius 2 is 1.03 bits per heavy atom. The van der Waals surface area contributed by atoms with Crippen LogP contribution in [0.4, 0.5) is 0 Å². The van der Waals surface area contributed by atoms with Crippen LogP contribution < -0.4 is 0 Å². The molecule has 0 aromatic heterocycles. The van der Waals surface area contributed by atoms with E-state index in [1.54, 1.807) is 0 Å². The summed E-state index contributed by atoms with van der Waals surface area (Å²) in [5, 5.41) is 0. The predicted octanol–water partition coefficient (Wildman–Crippen LogP) is 7.94. The molecule has 4 aliphatic carbocycles. The lowest BCUT2D eigenvalue weighted by Crippen LogP contribution is -2.33. The van der Waals surface area contributed by atoms with E-state index in [9.17, 15) is 4.79 Å². The molecule has 0 atom stereocenters. The zero-order valence-electron chi connectivity index (χ0n) is 20.0. The maximum absolute atomic E-state index is 12.5. The van der Waals surface area contributed by atoms with Gasteiger partial charge in [-0.15, -0.1) is 0 Å². The van der Waals surface area contributed by atoms with E-state index in [0.29, 0.717) is 0 Å². The molecule has 0 heterocycles. The third kappa shape index (κ3) is 5.83. The summed E-state index contributed by atoms with van der Waals surface area (Å²) < 4.78 is 5.95. The average molecular weight is 417 g/mol. The minimum Gasteiger partial charge on any atom is -0.462 e. The molecular weight excluding hydrogens is 368 g/mol. The molecule has 0 aromatic rings. The number of hydrogen-bond acceptors (Lipinski definition) is 2. The number of hydrogen-bond donors (Lipinski definition) is 0. The van der Waals surface area contributed by atoms with Crippen LogP contribution in [0.2, 0.25) is 0 Å². The summed E-state index contributed by atoms with van der Waals surface area (Å²) in [6, 6.07) is 0. The van der Waals surface area contributed by atoms with Gasteiger partial charge in [-0.3, -0.25) is 4.79 Å². The van der Waals surface area contributed by atoms with Crippen molar-refractivity contribution in [3.8, 4) is 0 Å². The molecule has 4 fully saturated rings. The van der Waals surface area contributed by atoms with Crippen molar-refractivity contribution in [3.63, 3.8) is 0 Å². The minimum atomic E-state index is 0.130. The third-order valence-electron chi connectivity index (χ3n) is 9.85. The maximum atomic E-state index is 12.5. The summed E-state index contributed by atoms with van der Waals surface area (Å²) >= 11 is 0. The predicted molar refractivity (Wildman–Crippen MR) is 124 cm³/mol. The van der Waals surface area contributed by atoms with E-state index in [1.165, 1.54) is 83.5 Å². The second-order valence-electron chi connectivity index (χ2n) is 11.9. The molecule has 0 N–H and O–H groups in total. The van der Waals surface area contributed by atoms with Crippen molar-refractivity contribution < 1.29 is 9.53 Å². The molecular formula is C28H48O2. The van der Waals surface area contributed by atoms with Gasteiger partial charge in [0.15, 0.2) is 0 Å². The van der Waals surface area contributed by atoms with Crippen LogP contribution in [0.25, 0.3) is 0 Å². The first-order valence-electron chi connectivity index (χ1n) is 13.8. The van der Waals surface area contributed by atoms with Crippen LogP contribution in [0.5, 0.6) is 0 Å². The van der Waals surface area contributed by atoms with E-state index in [4.69, 9.17) is 4.74 Å². The molecule has 4 rings (SSSR count). The normalized spacial score (nSPS) is 39.0. The van der Waals surface area contributed by atoms with Crippen LogP contribution in [0, 0.1) is 41.4 Å². The Balaban J connectivity index is 1.14. The zero-order chi connectivity index (χ0) is 20.9. The van der Waals surface area contributed by atoms with Crippen molar-refractivity contribution >= 4 is 5.97 Å². The van der Waals surface area contributed by atoms with E-state index in [-0.39, 0.29) is 18.0 Å². The van der Waals surface area contributed by atoms with E-state index in [1.807, 2.05) is 0 Å². The van der Waals surface area contributed by atoms with Crippen LogP contribution in [0.1, 0.15) is 123 Å². The Hall–Kier alpha value is -0.530. The standard InChI is InChI=1S/C28H48O2/c1-20(2)21-8-10-22(11-9-21)23-12-14-24(15-13-23)25-16-18-27(19-17-25)30-28(29)26-6-4-3-5-7-26/h20-27H,3-19H2,1-2H3. The lowest BCUT2D eigenvalue weighted by Gasteiger charge is -2.41. The highest BCUT2D eigenvalue weighted by atomic mass is 16.5. The maximum Gasteiger partial charge on any atom is 0.309 e. The fourth-order valence-corrected chi connectivity index (χ4v) is 7.65. The summed E-state index contributed by atoms with van der Waals surface area (Å²) in [5.41, 5.74) is 0. The molecule has 0 bridgehead atoms. The molecule has 0 spiro atoms. The molecule has 4 saturated carbocycles. The molecule has 30 heavy (non-hydrogen) atoms. The first kappa shape index (κ1) is 22.7. The van der Waals surface area contributed by atoms with Gasteiger partial charge >= 0.3 is 5.97 Å². The smallest absolute Gasteiger partial charge is 0.309 e. The highest BCUT2D eigenvalue weighted by molar-refractivity contribution is 5.72. The zero-order valence-corrected chi connectivity index (χ0v) is 20.0. The molecule has 0 aromatic carbocycles. The Morgan fingerprint density at radius 1 is 0.600 bits per heavy atom. The van der Waals surface area contributed by atoms with Gasteiger partial charge in [0, 0.05) is 0 Å². The van der Waals surface area contributed by atoms with E-state index < -0.39 is 0 Å². The molecule has 172 valence electrons. The molecule has 0 saturated heterocycles. The lowest BCUT2D eigenvalue weighted by molar-refractivity contribution is -0.157. The van der Waals surface area contributed by atoms with Crippen LogP contribution in [-0.2, 0) is 9.53 Å². The molecule has 0 aliphatic heterocycles. The monoisotopic (exact) mass is 416 g/mol. The number of carbonyl (C=O) groups is 1. The van der Waals surface area contributed by atoms with Crippen LogP contribution in [-0.4, -0.2) is 12.1 Å². The molecule has 2 heteroatoms. The fraction of sp³-hybridized carbons (Fsp3) is 0.964. The highest BCUT2D eigenvalue weighted by Gasteiger charge is 2.36. The van der Waals surface area contributed by atoms with Gasteiger partial charge in [0.25, 0.3) is 0 Å². The first-order valence-corrected chi connectivity index (χ1v) is 13.8. The van der Waals surface area contributed by atoms with Crippen LogP contribution in [0.15, 0.2) is 0 Å². The summed E-state index contributed by atoms with van der Waals surface area (Å²) in [5.74, 6) is 6.17. The second-order valence-corrected chi connectivity index (χ2v) is 11.9. The van der Waals surface area contributed by atoms with Crippen molar-refractivity contribution in [1.82, 2.24) is 0 Å². The van der Waals surface area contributed by atoms with Gasteiger partial charge in [-0.1, -0.05) is 33.1 Å². The van der Waals surface area contributed by atoms with Gasteiger partial charge < -0.3 is 4.74 Å². The topological polar surface area (TPSA) is 26.3 Å². The van der Waals surface area contributed by atoms with Gasteiger partial charge in [-0.2, -0.15) is 0 Å². The number of rotatable bonds is 5. The van der Waals surface area contributed by atoms with Gasteiger partial charge in [-0.05, 0) is 125 Å². The second kappa shape index (κ2) is 10.9. The van der Waals surface area contributed by atoms with Gasteiger partial charge in [-0.25, -0.2) is 0 Å². The molecule has 4 aliphatic rings. The minimum absolute atomic E-state index is 0.130. The third-order valence-corrected chi connectivity index (χ3v) is 9.85. The summed E-state index contributed by atoms with van der Waals surface area (Å²) in [6.45, 7) is 4.84. The summed E-state index contributed by atoms with van der Waals surface area (Å²) in [6.07, 6.45) is 22.9. The van der Waals surface area contributed by atoms with Gasteiger partial charge in [0.2, 0.25) is 0 Å². The van der Waals surface area contributed by atoms with Crippen molar-refractivity contribution in [2.24, 2.45) is 41.4 Å².